The third kappa shape index (κ3) is 10.8. The first-order valence-corrected chi connectivity index (χ1v) is 6.98. The minimum Gasteiger partial charge on any atom is -0.475 e. The number of hydrogen-bond donors (Lipinski definition) is 3. The molecule has 2 aliphatic heterocycles. The molecule has 0 aromatic heterocycles. The summed E-state index contributed by atoms with van der Waals surface area (Å²) in [5, 5.41) is 17.6. The van der Waals surface area contributed by atoms with Gasteiger partial charge in [-0.05, 0) is 6.42 Å². The first kappa shape index (κ1) is 23.4. The predicted molar refractivity (Wildman–Crippen MR) is 71.0 cm³/mol. The molecule has 0 radical (unpaired) electrons. The van der Waals surface area contributed by atoms with E-state index < -0.39 is 24.3 Å². The normalized spacial score (nSPS) is 21.4. The molecule has 3 N–H and O–H groups in total. The summed E-state index contributed by atoms with van der Waals surface area (Å²) in [6, 6.07) is 0.720. The highest BCUT2D eigenvalue weighted by Crippen LogP contribution is 2.14. The number of halogens is 6. The van der Waals surface area contributed by atoms with Crippen molar-refractivity contribution in [1.29, 1.82) is 0 Å². The molecule has 2 fully saturated rings. The van der Waals surface area contributed by atoms with Gasteiger partial charge in [0, 0.05) is 38.8 Å². The van der Waals surface area contributed by atoms with Crippen LogP contribution in [0.2, 0.25) is 0 Å². The van der Waals surface area contributed by atoms with E-state index in [0.29, 0.717) is 0 Å². The zero-order valence-electron chi connectivity index (χ0n) is 12.9. The molecule has 0 aromatic carbocycles. The highest BCUT2D eigenvalue weighted by Gasteiger charge is 2.38. The number of carbonyl (C=O) groups is 2. The number of piperazine rings is 1. The molecule has 0 aliphatic carbocycles. The van der Waals surface area contributed by atoms with Crippen LogP contribution in [0.15, 0.2) is 0 Å². The summed E-state index contributed by atoms with van der Waals surface area (Å²) >= 11 is 0. The van der Waals surface area contributed by atoms with Crippen LogP contribution in [0.3, 0.4) is 0 Å². The number of rotatable bonds is 1. The van der Waals surface area contributed by atoms with Crippen LogP contribution in [0.5, 0.6) is 0 Å². The van der Waals surface area contributed by atoms with E-state index >= 15 is 0 Å². The molecule has 7 nitrogen and oxygen atoms in total. The molecule has 2 rings (SSSR count). The van der Waals surface area contributed by atoms with E-state index in [9.17, 15) is 26.3 Å². The van der Waals surface area contributed by atoms with E-state index in [1.54, 1.807) is 0 Å². The maximum atomic E-state index is 10.6. The summed E-state index contributed by atoms with van der Waals surface area (Å²) in [7, 11) is 0. The summed E-state index contributed by atoms with van der Waals surface area (Å²) in [6.45, 7) is 6.63. The predicted octanol–water partition coefficient (Wildman–Crippen LogP) is 0.947. The van der Waals surface area contributed by atoms with Crippen LogP contribution in [-0.4, -0.2) is 84.8 Å². The highest BCUT2D eigenvalue weighted by atomic mass is 19.4. The standard InChI is InChI=1S/C8H16N2O.2C2HF3O2/c1-6-11-7-8(1)10-4-2-9-3-5-10;2*3-2(4,5)1(6)7/h8-9H,1-7H2;2*(H,6,7). The molecule has 2 heterocycles. The van der Waals surface area contributed by atoms with E-state index in [-0.39, 0.29) is 0 Å². The van der Waals surface area contributed by atoms with Crippen molar-refractivity contribution in [2.24, 2.45) is 0 Å². The molecule has 1 atom stereocenters. The summed E-state index contributed by atoms with van der Waals surface area (Å²) < 4.78 is 68.8. The van der Waals surface area contributed by atoms with Gasteiger partial charge in [-0.2, -0.15) is 26.3 Å². The molecule has 148 valence electrons. The number of carboxylic acid groups (broad SMARTS) is 2. The SMILES string of the molecule is C1CN(C2CCOC2)CCN1.O=C(O)C(F)(F)F.O=C(O)C(F)(F)F. The van der Waals surface area contributed by atoms with Gasteiger partial charge in [0.2, 0.25) is 0 Å². The Morgan fingerprint density at radius 1 is 0.960 bits per heavy atom. The Morgan fingerprint density at radius 2 is 1.36 bits per heavy atom. The molecule has 2 aliphatic rings. The zero-order chi connectivity index (χ0) is 19.7. The molecular formula is C12H18F6N2O5. The minimum absolute atomic E-state index is 0.720. The van der Waals surface area contributed by atoms with Crippen LogP contribution >= 0.6 is 0 Å². The van der Waals surface area contributed by atoms with Gasteiger partial charge in [-0.3, -0.25) is 4.90 Å². The number of hydrogen-bond acceptors (Lipinski definition) is 5. The van der Waals surface area contributed by atoms with E-state index in [0.717, 1.165) is 32.3 Å². The Kier molecular flexibility index (Phi) is 9.74. The quantitative estimate of drug-likeness (QED) is 0.579. The van der Waals surface area contributed by atoms with Gasteiger partial charge in [-0.15, -0.1) is 0 Å². The van der Waals surface area contributed by atoms with Gasteiger partial charge in [-0.1, -0.05) is 0 Å². The van der Waals surface area contributed by atoms with E-state index in [1.165, 1.54) is 19.5 Å². The number of ether oxygens (including phenoxy) is 1. The Hall–Kier alpha value is -1.60. The van der Waals surface area contributed by atoms with Gasteiger partial charge in [-0.25, -0.2) is 9.59 Å². The van der Waals surface area contributed by atoms with Crippen LogP contribution in [-0.2, 0) is 14.3 Å². The third-order valence-electron chi connectivity index (χ3n) is 3.06. The van der Waals surface area contributed by atoms with Gasteiger partial charge in [0.05, 0.1) is 6.61 Å². The first-order chi connectivity index (χ1) is 11.4. The van der Waals surface area contributed by atoms with E-state index in [2.05, 4.69) is 10.2 Å². The van der Waals surface area contributed by atoms with Crippen molar-refractivity contribution in [2.75, 3.05) is 39.4 Å². The largest absolute Gasteiger partial charge is 0.490 e. The van der Waals surface area contributed by atoms with Gasteiger partial charge >= 0.3 is 24.3 Å². The van der Waals surface area contributed by atoms with Gasteiger partial charge < -0.3 is 20.3 Å². The van der Waals surface area contributed by atoms with Crippen LogP contribution in [0.25, 0.3) is 0 Å². The van der Waals surface area contributed by atoms with Crippen molar-refractivity contribution < 1.29 is 50.9 Å². The number of alkyl halides is 6. The molecule has 0 bridgehead atoms. The van der Waals surface area contributed by atoms with Crippen molar-refractivity contribution in [1.82, 2.24) is 10.2 Å². The Balaban J connectivity index is 0.000000366. The maximum absolute atomic E-state index is 10.6. The fraction of sp³-hybridized carbons (Fsp3) is 0.833. The maximum Gasteiger partial charge on any atom is 0.490 e. The Morgan fingerprint density at radius 3 is 1.64 bits per heavy atom. The Bertz CT molecular complexity index is 393. The second kappa shape index (κ2) is 10.4. The second-order valence-electron chi connectivity index (χ2n) is 4.91. The molecule has 25 heavy (non-hydrogen) atoms. The number of nitrogens with zero attached hydrogens (tertiary/aromatic N) is 1. The van der Waals surface area contributed by atoms with Crippen molar-refractivity contribution in [3.63, 3.8) is 0 Å². The number of nitrogens with one attached hydrogen (secondary N) is 1. The summed E-state index contributed by atoms with van der Waals surface area (Å²) in [6.07, 6.45) is -8.93. The molecule has 0 amide bonds. The molecule has 0 spiro atoms. The minimum atomic E-state index is -5.08. The monoisotopic (exact) mass is 384 g/mol. The smallest absolute Gasteiger partial charge is 0.475 e. The van der Waals surface area contributed by atoms with Crippen LogP contribution in [0.1, 0.15) is 6.42 Å². The molecule has 0 aromatic rings. The molecule has 0 saturated carbocycles. The van der Waals surface area contributed by atoms with Gasteiger partial charge in [0.15, 0.2) is 0 Å². The summed E-state index contributed by atoms with van der Waals surface area (Å²) in [5.41, 5.74) is 0. The van der Waals surface area contributed by atoms with Crippen molar-refractivity contribution in [3.8, 4) is 0 Å². The van der Waals surface area contributed by atoms with E-state index in [4.69, 9.17) is 24.5 Å². The van der Waals surface area contributed by atoms with Crippen molar-refractivity contribution in [2.45, 2.75) is 24.8 Å². The molecular weight excluding hydrogens is 366 g/mol. The lowest BCUT2D eigenvalue weighted by atomic mass is 10.2. The highest BCUT2D eigenvalue weighted by molar-refractivity contribution is 5.73. The fourth-order valence-electron chi connectivity index (χ4n) is 1.86. The second-order valence-corrected chi connectivity index (χ2v) is 4.91. The lowest BCUT2D eigenvalue weighted by Crippen LogP contribution is -2.48. The van der Waals surface area contributed by atoms with Crippen molar-refractivity contribution in [3.05, 3.63) is 0 Å². The average Bonchev–Trinajstić information content (AvgIpc) is 3.01. The fourth-order valence-corrected chi connectivity index (χ4v) is 1.86. The molecule has 1 unspecified atom stereocenters. The van der Waals surface area contributed by atoms with Gasteiger partial charge in [0.1, 0.15) is 0 Å². The lowest BCUT2D eigenvalue weighted by Gasteiger charge is -2.31. The lowest BCUT2D eigenvalue weighted by molar-refractivity contribution is -0.193. The topological polar surface area (TPSA) is 99.1 Å². The average molecular weight is 384 g/mol. The third-order valence-corrected chi connectivity index (χ3v) is 3.06. The van der Waals surface area contributed by atoms with Gasteiger partial charge in [0.25, 0.3) is 0 Å². The van der Waals surface area contributed by atoms with E-state index in [1.807, 2.05) is 0 Å². The zero-order valence-corrected chi connectivity index (χ0v) is 12.9. The molecule has 2 saturated heterocycles. The number of carboxylic acids is 2. The summed E-state index contributed by atoms with van der Waals surface area (Å²) in [5.74, 6) is -5.51. The molecule has 13 heteroatoms. The van der Waals surface area contributed by atoms with Crippen LogP contribution in [0, 0.1) is 0 Å². The van der Waals surface area contributed by atoms with Crippen LogP contribution < -0.4 is 5.32 Å². The first-order valence-electron chi connectivity index (χ1n) is 6.98. The summed E-state index contributed by atoms with van der Waals surface area (Å²) in [4.78, 5) is 20.3. The Labute approximate surface area is 138 Å². The van der Waals surface area contributed by atoms with Crippen LogP contribution in [0.4, 0.5) is 26.3 Å². The van der Waals surface area contributed by atoms with Crippen molar-refractivity contribution >= 4 is 11.9 Å². The number of aliphatic carboxylic acids is 2.